The first-order chi connectivity index (χ1) is 9.22. The first-order valence-corrected chi connectivity index (χ1v) is 6.92. The summed E-state index contributed by atoms with van der Waals surface area (Å²) in [7, 11) is 0. The maximum Gasteiger partial charge on any atom is 0.241 e. The molecule has 1 aromatic rings. The lowest BCUT2D eigenvalue weighted by Crippen LogP contribution is -2.38. The van der Waals surface area contributed by atoms with E-state index in [0.29, 0.717) is 12.5 Å². The zero-order chi connectivity index (χ0) is 13.7. The van der Waals surface area contributed by atoms with Crippen LogP contribution >= 0.6 is 0 Å². The topological polar surface area (TPSA) is 64.3 Å². The number of carbonyl (C=O) groups excluding carboxylic acids is 1. The molecule has 0 spiro atoms. The predicted molar refractivity (Wildman–Crippen MR) is 74.5 cm³/mol. The number of hydrogen-bond acceptors (Lipinski definition) is 3. The molecule has 1 amide bonds. The second-order valence-corrected chi connectivity index (χ2v) is 5.00. The minimum atomic E-state index is -0.594. The Bertz CT molecular complexity index is 408. The van der Waals surface area contributed by atoms with E-state index in [4.69, 9.17) is 10.5 Å². The maximum atomic E-state index is 12.0. The molecule has 1 fully saturated rings. The first kappa shape index (κ1) is 14.0. The minimum absolute atomic E-state index is 0.118. The van der Waals surface area contributed by atoms with Crippen molar-refractivity contribution in [2.24, 2.45) is 11.7 Å². The number of benzene rings is 1. The van der Waals surface area contributed by atoms with Crippen molar-refractivity contribution in [2.75, 3.05) is 13.2 Å². The summed E-state index contributed by atoms with van der Waals surface area (Å²) in [5, 5.41) is 2.94. The lowest BCUT2D eigenvalue weighted by molar-refractivity contribution is -0.122. The van der Waals surface area contributed by atoms with Gasteiger partial charge in [-0.2, -0.15) is 0 Å². The Balaban J connectivity index is 1.84. The minimum Gasteiger partial charge on any atom is -0.378 e. The van der Waals surface area contributed by atoms with Crippen LogP contribution in [-0.2, 0) is 9.53 Å². The summed E-state index contributed by atoms with van der Waals surface area (Å²) < 4.78 is 5.61. The summed E-state index contributed by atoms with van der Waals surface area (Å²) in [5.74, 6) is 0.296. The number of amides is 1. The lowest BCUT2D eigenvalue weighted by Gasteiger charge is -2.19. The second kappa shape index (κ2) is 6.68. The van der Waals surface area contributed by atoms with Crippen LogP contribution in [0, 0.1) is 5.92 Å². The molecular formula is C15H22N2O2. The third-order valence-corrected chi connectivity index (χ3v) is 3.73. The third-order valence-electron chi connectivity index (χ3n) is 3.73. The van der Waals surface area contributed by atoms with Crippen molar-refractivity contribution in [1.82, 2.24) is 5.32 Å². The average Bonchev–Trinajstić information content (AvgIpc) is 2.92. The lowest BCUT2D eigenvalue weighted by atomic mass is 9.99. The van der Waals surface area contributed by atoms with Crippen LogP contribution in [0.2, 0.25) is 0 Å². The Kier molecular flexibility index (Phi) is 4.93. The average molecular weight is 262 g/mol. The second-order valence-electron chi connectivity index (χ2n) is 5.00. The molecule has 3 atom stereocenters. The molecule has 104 valence electrons. The van der Waals surface area contributed by atoms with Gasteiger partial charge in [0.25, 0.3) is 0 Å². The van der Waals surface area contributed by atoms with Crippen molar-refractivity contribution < 1.29 is 9.53 Å². The molecule has 1 saturated heterocycles. The first-order valence-electron chi connectivity index (χ1n) is 6.92. The molecule has 0 bridgehead atoms. The van der Waals surface area contributed by atoms with Crippen LogP contribution in [0.4, 0.5) is 0 Å². The van der Waals surface area contributed by atoms with E-state index >= 15 is 0 Å². The fourth-order valence-corrected chi connectivity index (χ4v) is 2.53. The van der Waals surface area contributed by atoms with Gasteiger partial charge in [0, 0.05) is 19.1 Å². The number of rotatable bonds is 5. The fraction of sp³-hybridized carbons (Fsp3) is 0.533. The van der Waals surface area contributed by atoms with Gasteiger partial charge in [-0.3, -0.25) is 4.79 Å². The normalized spacial score (nSPS) is 24.1. The van der Waals surface area contributed by atoms with E-state index in [-0.39, 0.29) is 12.0 Å². The Hall–Kier alpha value is -1.39. The van der Waals surface area contributed by atoms with Gasteiger partial charge in [-0.15, -0.1) is 0 Å². The molecule has 3 N–H and O–H groups in total. The van der Waals surface area contributed by atoms with Crippen molar-refractivity contribution in [3.05, 3.63) is 35.9 Å². The van der Waals surface area contributed by atoms with Crippen molar-refractivity contribution >= 4 is 5.91 Å². The van der Waals surface area contributed by atoms with E-state index < -0.39 is 6.04 Å². The monoisotopic (exact) mass is 262 g/mol. The molecule has 4 nitrogen and oxygen atoms in total. The molecule has 2 unspecified atom stereocenters. The molecule has 2 rings (SSSR count). The van der Waals surface area contributed by atoms with Gasteiger partial charge in [-0.25, -0.2) is 0 Å². The zero-order valence-corrected chi connectivity index (χ0v) is 11.3. The Labute approximate surface area is 114 Å². The molecule has 4 heteroatoms. The summed E-state index contributed by atoms with van der Waals surface area (Å²) >= 11 is 0. The molecule has 1 aliphatic rings. The van der Waals surface area contributed by atoms with Crippen molar-refractivity contribution in [3.63, 3.8) is 0 Å². The van der Waals surface area contributed by atoms with Gasteiger partial charge >= 0.3 is 0 Å². The molecule has 1 aliphatic heterocycles. The summed E-state index contributed by atoms with van der Waals surface area (Å²) in [6.45, 7) is 3.56. The summed E-state index contributed by atoms with van der Waals surface area (Å²) in [6, 6.07) is 8.84. The van der Waals surface area contributed by atoms with E-state index in [1.807, 2.05) is 30.3 Å². The van der Waals surface area contributed by atoms with Crippen molar-refractivity contribution in [2.45, 2.75) is 31.9 Å². The summed E-state index contributed by atoms with van der Waals surface area (Å²) in [5.41, 5.74) is 6.79. The number of nitrogens with one attached hydrogen (secondary N) is 1. The van der Waals surface area contributed by atoms with Crippen LogP contribution in [0.3, 0.4) is 0 Å². The molecule has 0 aliphatic carbocycles. The van der Waals surface area contributed by atoms with E-state index in [1.165, 1.54) is 0 Å². The van der Waals surface area contributed by atoms with E-state index in [9.17, 15) is 4.79 Å². The zero-order valence-electron chi connectivity index (χ0n) is 11.3. The Morgan fingerprint density at radius 3 is 2.89 bits per heavy atom. The van der Waals surface area contributed by atoms with Gasteiger partial charge in [0.05, 0.1) is 6.10 Å². The molecule has 0 saturated carbocycles. The predicted octanol–water partition coefficient (Wildman–Crippen LogP) is 1.62. The number of carbonyl (C=O) groups is 1. The standard InChI is InChI=1S/C15H22N2O2/c1-2-13-12(8-9-19-13)10-17-15(18)14(16)11-6-4-3-5-7-11/h3-7,12-14H,2,8-10,16H2,1H3,(H,17,18)/t12?,13?,14-/m0/s1. The van der Waals surface area contributed by atoms with Gasteiger partial charge in [0.2, 0.25) is 5.91 Å². The van der Waals surface area contributed by atoms with Gasteiger partial charge < -0.3 is 15.8 Å². The van der Waals surface area contributed by atoms with Crippen molar-refractivity contribution in [1.29, 1.82) is 0 Å². The highest BCUT2D eigenvalue weighted by Gasteiger charge is 2.27. The third kappa shape index (κ3) is 3.55. The maximum absolute atomic E-state index is 12.0. The largest absolute Gasteiger partial charge is 0.378 e. The molecule has 1 heterocycles. The van der Waals surface area contributed by atoms with Crippen molar-refractivity contribution in [3.8, 4) is 0 Å². The van der Waals surface area contributed by atoms with Crippen LogP contribution in [0.15, 0.2) is 30.3 Å². The summed E-state index contributed by atoms with van der Waals surface area (Å²) in [4.78, 5) is 12.0. The molecular weight excluding hydrogens is 240 g/mol. The van der Waals surface area contributed by atoms with Crippen LogP contribution in [0.1, 0.15) is 31.4 Å². The van der Waals surface area contributed by atoms with Crippen LogP contribution in [0.5, 0.6) is 0 Å². The number of ether oxygens (including phenoxy) is 1. The van der Waals surface area contributed by atoms with E-state index in [2.05, 4.69) is 12.2 Å². The summed E-state index contributed by atoms with van der Waals surface area (Å²) in [6.07, 6.45) is 2.28. The fourth-order valence-electron chi connectivity index (χ4n) is 2.53. The number of nitrogens with two attached hydrogens (primary N) is 1. The van der Waals surface area contributed by atoms with Gasteiger partial charge in [-0.05, 0) is 18.4 Å². The SMILES string of the molecule is CCC1OCCC1CNC(=O)[C@@H](N)c1ccccc1. The van der Waals surface area contributed by atoms with Gasteiger partial charge in [-0.1, -0.05) is 37.3 Å². The highest BCUT2D eigenvalue weighted by molar-refractivity contribution is 5.82. The van der Waals surface area contributed by atoms with Crippen LogP contribution in [0.25, 0.3) is 0 Å². The highest BCUT2D eigenvalue weighted by Crippen LogP contribution is 2.22. The van der Waals surface area contributed by atoms with Crippen LogP contribution < -0.4 is 11.1 Å². The highest BCUT2D eigenvalue weighted by atomic mass is 16.5. The van der Waals surface area contributed by atoms with Crippen LogP contribution in [-0.4, -0.2) is 25.2 Å². The Morgan fingerprint density at radius 1 is 1.47 bits per heavy atom. The molecule has 1 aromatic carbocycles. The van der Waals surface area contributed by atoms with Gasteiger partial charge in [0.1, 0.15) is 6.04 Å². The quantitative estimate of drug-likeness (QED) is 0.847. The van der Waals surface area contributed by atoms with E-state index in [0.717, 1.165) is 25.0 Å². The smallest absolute Gasteiger partial charge is 0.241 e. The molecule has 0 radical (unpaired) electrons. The molecule has 19 heavy (non-hydrogen) atoms. The van der Waals surface area contributed by atoms with Gasteiger partial charge in [0.15, 0.2) is 0 Å². The number of hydrogen-bond donors (Lipinski definition) is 2. The Morgan fingerprint density at radius 2 is 2.21 bits per heavy atom. The van der Waals surface area contributed by atoms with E-state index in [1.54, 1.807) is 0 Å². The molecule has 0 aromatic heterocycles.